The molecule has 5 nitrogen and oxygen atoms in total. The van der Waals surface area contributed by atoms with Crippen molar-refractivity contribution in [1.82, 2.24) is 5.32 Å². The van der Waals surface area contributed by atoms with Crippen LogP contribution in [-0.2, 0) is 4.79 Å². The van der Waals surface area contributed by atoms with Gasteiger partial charge >= 0.3 is 0 Å². The van der Waals surface area contributed by atoms with Crippen LogP contribution in [0.3, 0.4) is 0 Å². The Hall–Kier alpha value is -2.79. The molecule has 0 bridgehead atoms. The Morgan fingerprint density at radius 3 is 2.14 bits per heavy atom. The van der Waals surface area contributed by atoms with E-state index in [1.807, 2.05) is 0 Å². The lowest BCUT2D eigenvalue weighted by atomic mass is 10.1. The Kier molecular flexibility index (Phi) is 5.16. The summed E-state index contributed by atoms with van der Waals surface area (Å²) in [4.78, 5) is 11.7. The third-order valence-corrected chi connectivity index (χ3v) is 3.07. The second-order valence-electron chi connectivity index (χ2n) is 4.78. The van der Waals surface area contributed by atoms with Gasteiger partial charge in [-0.3, -0.25) is 4.79 Å². The minimum absolute atomic E-state index is 0.0729. The minimum Gasteiger partial charge on any atom is -0.508 e. The van der Waals surface area contributed by atoms with E-state index in [-0.39, 0.29) is 24.0 Å². The summed E-state index contributed by atoms with van der Waals surface area (Å²) in [6, 6.07) is 12.6. The van der Waals surface area contributed by atoms with Crippen molar-refractivity contribution < 1.29 is 20.1 Å². The van der Waals surface area contributed by atoms with Crippen LogP contribution in [0.4, 0.5) is 0 Å². The van der Waals surface area contributed by atoms with Crippen LogP contribution in [-0.4, -0.2) is 27.8 Å². The first-order valence-electron chi connectivity index (χ1n) is 6.76. The van der Waals surface area contributed by atoms with Crippen molar-refractivity contribution in [1.29, 1.82) is 0 Å². The van der Waals surface area contributed by atoms with Gasteiger partial charge in [0.25, 0.3) is 0 Å². The fourth-order valence-electron chi connectivity index (χ4n) is 1.83. The zero-order valence-corrected chi connectivity index (χ0v) is 11.8. The average molecular weight is 299 g/mol. The van der Waals surface area contributed by atoms with Crippen molar-refractivity contribution >= 4 is 12.0 Å². The second kappa shape index (κ2) is 7.28. The SMILES string of the molecule is O=C(/C=C/c1ccc(O)cc1)NC[C@H](O)c1ccc(O)cc1. The molecule has 5 heteroatoms. The number of nitrogens with one attached hydrogen (secondary N) is 1. The summed E-state index contributed by atoms with van der Waals surface area (Å²) in [5.74, 6) is -0.0404. The topological polar surface area (TPSA) is 89.8 Å². The zero-order chi connectivity index (χ0) is 15.9. The Balaban J connectivity index is 1.84. The van der Waals surface area contributed by atoms with E-state index in [9.17, 15) is 15.0 Å². The molecule has 0 spiro atoms. The van der Waals surface area contributed by atoms with Crippen molar-refractivity contribution in [2.45, 2.75) is 6.10 Å². The van der Waals surface area contributed by atoms with Gasteiger partial charge in [0.1, 0.15) is 11.5 Å². The summed E-state index contributed by atoms with van der Waals surface area (Å²) in [5.41, 5.74) is 1.40. The van der Waals surface area contributed by atoms with Crippen molar-refractivity contribution in [3.63, 3.8) is 0 Å². The van der Waals surface area contributed by atoms with Crippen LogP contribution >= 0.6 is 0 Å². The van der Waals surface area contributed by atoms with Gasteiger partial charge in [-0.05, 0) is 41.5 Å². The molecule has 1 amide bonds. The Bertz CT molecular complexity index is 647. The number of amides is 1. The highest BCUT2D eigenvalue weighted by atomic mass is 16.3. The molecule has 4 N–H and O–H groups in total. The number of carbonyl (C=O) groups is 1. The lowest BCUT2D eigenvalue weighted by molar-refractivity contribution is -0.116. The maximum atomic E-state index is 11.7. The normalized spacial score (nSPS) is 12.2. The number of phenols is 2. The molecule has 0 aliphatic rings. The maximum absolute atomic E-state index is 11.7. The molecule has 0 saturated heterocycles. The monoisotopic (exact) mass is 299 g/mol. The highest BCUT2D eigenvalue weighted by molar-refractivity contribution is 5.91. The molecule has 0 saturated carbocycles. The molecule has 0 fully saturated rings. The fraction of sp³-hybridized carbons (Fsp3) is 0.118. The molecule has 2 rings (SSSR count). The number of aliphatic hydroxyl groups excluding tert-OH is 1. The van der Waals surface area contributed by atoms with E-state index in [2.05, 4.69) is 5.32 Å². The summed E-state index contributed by atoms with van der Waals surface area (Å²) in [7, 11) is 0. The highest BCUT2D eigenvalue weighted by Crippen LogP contribution is 2.16. The van der Waals surface area contributed by atoms with Crippen LogP contribution in [0.1, 0.15) is 17.2 Å². The molecule has 0 heterocycles. The highest BCUT2D eigenvalue weighted by Gasteiger charge is 2.08. The minimum atomic E-state index is -0.841. The Morgan fingerprint density at radius 1 is 1.00 bits per heavy atom. The molecule has 1 atom stereocenters. The third-order valence-electron chi connectivity index (χ3n) is 3.07. The largest absolute Gasteiger partial charge is 0.508 e. The van der Waals surface area contributed by atoms with Crippen molar-refractivity contribution in [2.75, 3.05) is 6.54 Å². The molecule has 22 heavy (non-hydrogen) atoms. The van der Waals surface area contributed by atoms with Gasteiger partial charge in [-0.1, -0.05) is 24.3 Å². The van der Waals surface area contributed by atoms with E-state index in [0.717, 1.165) is 5.56 Å². The summed E-state index contributed by atoms with van der Waals surface area (Å²) in [6.07, 6.45) is 2.13. The van der Waals surface area contributed by atoms with Crippen LogP contribution in [0.25, 0.3) is 6.08 Å². The van der Waals surface area contributed by atoms with Gasteiger partial charge in [0.05, 0.1) is 6.10 Å². The van der Waals surface area contributed by atoms with Crippen LogP contribution in [0, 0.1) is 0 Å². The van der Waals surface area contributed by atoms with Crippen LogP contribution < -0.4 is 5.32 Å². The molecule has 2 aromatic carbocycles. The summed E-state index contributed by atoms with van der Waals surface area (Å²) >= 11 is 0. The summed E-state index contributed by atoms with van der Waals surface area (Å²) in [6.45, 7) is 0.0729. The number of hydrogen-bond acceptors (Lipinski definition) is 4. The number of rotatable bonds is 5. The molecule has 0 radical (unpaired) electrons. The number of aliphatic hydroxyl groups is 1. The van der Waals surface area contributed by atoms with Crippen molar-refractivity contribution in [2.24, 2.45) is 0 Å². The fourth-order valence-corrected chi connectivity index (χ4v) is 1.83. The summed E-state index contributed by atoms with van der Waals surface area (Å²) in [5, 5.41) is 30.9. The number of benzene rings is 2. The van der Waals surface area contributed by atoms with E-state index < -0.39 is 6.10 Å². The van der Waals surface area contributed by atoms with Gasteiger partial charge in [0, 0.05) is 12.6 Å². The van der Waals surface area contributed by atoms with E-state index in [1.165, 1.54) is 30.3 Å². The van der Waals surface area contributed by atoms with Gasteiger partial charge in [-0.2, -0.15) is 0 Å². The van der Waals surface area contributed by atoms with E-state index in [0.29, 0.717) is 5.56 Å². The smallest absolute Gasteiger partial charge is 0.244 e. The molecular weight excluding hydrogens is 282 g/mol. The molecule has 114 valence electrons. The van der Waals surface area contributed by atoms with Crippen molar-refractivity contribution in [3.8, 4) is 11.5 Å². The molecule has 0 aliphatic carbocycles. The van der Waals surface area contributed by atoms with Gasteiger partial charge < -0.3 is 20.6 Å². The van der Waals surface area contributed by atoms with Gasteiger partial charge in [0.15, 0.2) is 0 Å². The standard InChI is InChI=1S/C17H17NO4/c19-14-6-1-12(2-7-14)3-10-17(22)18-11-16(21)13-4-8-15(20)9-5-13/h1-10,16,19-21H,11H2,(H,18,22)/b10-3+/t16-/m0/s1. The predicted octanol–water partition coefficient (Wildman–Crippen LogP) is 1.96. The average Bonchev–Trinajstić information content (AvgIpc) is 2.52. The predicted molar refractivity (Wildman–Crippen MR) is 83.2 cm³/mol. The first-order chi connectivity index (χ1) is 10.5. The van der Waals surface area contributed by atoms with E-state index in [4.69, 9.17) is 5.11 Å². The van der Waals surface area contributed by atoms with E-state index in [1.54, 1.807) is 30.3 Å². The van der Waals surface area contributed by atoms with Crippen LogP contribution in [0.15, 0.2) is 54.6 Å². The second-order valence-corrected chi connectivity index (χ2v) is 4.78. The maximum Gasteiger partial charge on any atom is 0.244 e. The van der Waals surface area contributed by atoms with Crippen LogP contribution in [0.2, 0.25) is 0 Å². The Morgan fingerprint density at radius 2 is 1.55 bits per heavy atom. The number of carbonyl (C=O) groups excluding carboxylic acids is 1. The number of phenolic OH excluding ortho intramolecular Hbond substituents is 2. The lowest BCUT2D eigenvalue weighted by Crippen LogP contribution is -2.26. The Labute approximate surface area is 128 Å². The number of hydrogen-bond donors (Lipinski definition) is 4. The molecule has 0 aliphatic heterocycles. The first-order valence-corrected chi connectivity index (χ1v) is 6.76. The first kappa shape index (κ1) is 15.6. The quantitative estimate of drug-likeness (QED) is 0.635. The van der Waals surface area contributed by atoms with Crippen molar-refractivity contribution in [3.05, 3.63) is 65.7 Å². The summed E-state index contributed by atoms with van der Waals surface area (Å²) < 4.78 is 0. The zero-order valence-electron chi connectivity index (χ0n) is 11.8. The molecular formula is C17H17NO4. The third kappa shape index (κ3) is 4.64. The lowest BCUT2D eigenvalue weighted by Gasteiger charge is -2.11. The van der Waals surface area contributed by atoms with Gasteiger partial charge in [-0.15, -0.1) is 0 Å². The molecule has 0 unspecified atom stereocenters. The van der Waals surface area contributed by atoms with E-state index >= 15 is 0 Å². The molecule has 2 aromatic rings. The number of aromatic hydroxyl groups is 2. The van der Waals surface area contributed by atoms with Gasteiger partial charge in [-0.25, -0.2) is 0 Å². The van der Waals surface area contributed by atoms with Gasteiger partial charge in [0.2, 0.25) is 5.91 Å². The molecule has 0 aromatic heterocycles. The van der Waals surface area contributed by atoms with Crippen LogP contribution in [0.5, 0.6) is 11.5 Å².